The van der Waals surface area contributed by atoms with Gasteiger partial charge in [-0.15, -0.1) is 0 Å². The van der Waals surface area contributed by atoms with E-state index in [1.165, 1.54) is 31.3 Å². The largest absolute Gasteiger partial charge is 0.388 e. The number of allylic oxidation sites excluding steroid dienone is 5. The van der Waals surface area contributed by atoms with Gasteiger partial charge < -0.3 is 5.11 Å². The molecule has 21 heavy (non-hydrogen) atoms. The second-order valence-corrected chi connectivity index (χ2v) is 7.31. The molecule has 3 atom stereocenters. The molecule has 114 valence electrons. The quantitative estimate of drug-likeness (QED) is 0.664. The summed E-state index contributed by atoms with van der Waals surface area (Å²) in [4.78, 5) is 0. The van der Waals surface area contributed by atoms with Gasteiger partial charge in [0.2, 0.25) is 0 Å². The van der Waals surface area contributed by atoms with Crippen LogP contribution in [0.4, 0.5) is 0 Å². The van der Waals surface area contributed by atoms with Gasteiger partial charge in [-0.05, 0) is 74.3 Å². The van der Waals surface area contributed by atoms with Crippen LogP contribution in [0.5, 0.6) is 0 Å². The Morgan fingerprint density at radius 1 is 1.29 bits per heavy atom. The molecule has 0 radical (unpaired) electrons. The molecule has 0 aromatic carbocycles. The third-order valence-corrected chi connectivity index (χ3v) is 6.18. The molecule has 0 amide bonds. The van der Waals surface area contributed by atoms with Crippen molar-refractivity contribution in [3.05, 3.63) is 47.1 Å². The minimum absolute atomic E-state index is 0.324. The van der Waals surface area contributed by atoms with E-state index in [2.05, 4.69) is 38.7 Å². The Morgan fingerprint density at radius 2 is 2.10 bits per heavy atom. The van der Waals surface area contributed by atoms with Gasteiger partial charge in [-0.1, -0.05) is 42.9 Å². The van der Waals surface area contributed by atoms with Crippen LogP contribution in [-0.4, -0.2) is 11.2 Å². The molecule has 2 unspecified atom stereocenters. The molecule has 3 aliphatic rings. The number of hydrogen-bond donors (Lipinski definition) is 1. The van der Waals surface area contributed by atoms with E-state index < -0.39 is 0 Å². The fourth-order valence-electron chi connectivity index (χ4n) is 4.46. The molecule has 3 aliphatic carbocycles. The average Bonchev–Trinajstić information content (AvgIpc) is 2.77. The minimum atomic E-state index is -0.324. The zero-order valence-corrected chi connectivity index (χ0v) is 13.5. The van der Waals surface area contributed by atoms with Gasteiger partial charge in [0.05, 0.1) is 6.10 Å². The Hall–Kier alpha value is -1.08. The van der Waals surface area contributed by atoms with Crippen molar-refractivity contribution in [3.63, 3.8) is 0 Å². The van der Waals surface area contributed by atoms with Crippen LogP contribution in [0.1, 0.15) is 58.8 Å². The molecular weight excluding hydrogens is 256 g/mol. The first-order valence-corrected chi connectivity index (χ1v) is 8.46. The summed E-state index contributed by atoms with van der Waals surface area (Å²) in [6.45, 7) is 8.83. The number of hydrogen-bond acceptors (Lipinski definition) is 1. The SMILES string of the molecule is C=C1/C(=C\C=C2/CCC[C@]3(C)C(C)=CCC23)CCCC1O. The molecule has 3 rings (SSSR count). The van der Waals surface area contributed by atoms with Crippen molar-refractivity contribution in [1.82, 2.24) is 0 Å². The van der Waals surface area contributed by atoms with Gasteiger partial charge in [0.1, 0.15) is 0 Å². The highest BCUT2D eigenvalue weighted by Crippen LogP contribution is 2.54. The monoisotopic (exact) mass is 284 g/mol. The van der Waals surface area contributed by atoms with Gasteiger partial charge in [-0.3, -0.25) is 0 Å². The van der Waals surface area contributed by atoms with Crippen molar-refractivity contribution in [2.24, 2.45) is 11.3 Å². The van der Waals surface area contributed by atoms with Gasteiger partial charge >= 0.3 is 0 Å². The second-order valence-electron chi connectivity index (χ2n) is 7.31. The Balaban J connectivity index is 1.82. The maximum atomic E-state index is 9.94. The first-order chi connectivity index (χ1) is 10.0. The summed E-state index contributed by atoms with van der Waals surface area (Å²) >= 11 is 0. The van der Waals surface area contributed by atoms with Gasteiger partial charge in [-0.2, -0.15) is 0 Å². The van der Waals surface area contributed by atoms with Gasteiger partial charge in [0.25, 0.3) is 0 Å². The van der Waals surface area contributed by atoms with E-state index in [1.807, 2.05) is 0 Å². The fraction of sp³-hybridized carbons (Fsp3) is 0.600. The van der Waals surface area contributed by atoms with E-state index in [0.29, 0.717) is 11.3 Å². The minimum Gasteiger partial charge on any atom is -0.388 e. The van der Waals surface area contributed by atoms with E-state index in [9.17, 15) is 5.11 Å². The molecule has 0 bridgehead atoms. The fourth-order valence-corrected chi connectivity index (χ4v) is 4.46. The summed E-state index contributed by atoms with van der Waals surface area (Å²) in [5.74, 6) is 0.699. The zero-order valence-electron chi connectivity index (χ0n) is 13.5. The normalized spacial score (nSPS) is 40.5. The molecule has 0 aliphatic heterocycles. The molecule has 1 N–H and O–H groups in total. The summed E-state index contributed by atoms with van der Waals surface area (Å²) in [6.07, 6.45) is 14.8. The van der Waals surface area contributed by atoms with E-state index >= 15 is 0 Å². The molecule has 0 aromatic heterocycles. The molecule has 1 heteroatoms. The smallest absolute Gasteiger partial charge is 0.0787 e. The third kappa shape index (κ3) is 2.57. The van der Waals surface area contributed by atoms with Gasteiger partial charge in [0, 0.05) is 0 Å². The van der Waals surface area contributed by atoms with Crippen LogP contribution in [0.15, 0.2) is 47.1 Å². The van der Waals surface area contributed by atoms with Crippen molar-refractivity contribution < 1.29 is 5.11 Å². The first kappa shape index (κ1) is 14.8. The maximum absolute atomic E-state index is 9.94. The molecule has 0 spiro atoms. The zero-order chi connectivity index (χ0) is 15.0. The molecule has 0 aromatic rings. The van der Waals surface area contributed by atoms with Crippen molar-refractivity contribution in [2.45, 2.75) is 64.9 Å². The van der Waals surface area contributed by atoms with Crippen molar-refractivity contribution >= 4 is 0 Å². The van der Waals surface area contributed by atoms with Crippen molar-refractivity contribution in [2.75, 3.05) is 0 Å². The lowest BCUT2D eigenvalue weighted by atomic mass is 9.64. The predicted molar refractivity (Wildman–Crippen MR) is 89.0 cm³/mol. The molecule has 2 saturated carbocycles. The lowest BCUT2D eigenvalue weighted by molar-refractivity contribution is 0.191. The average molecular weight is 284 g/mol. The van der Waals surface area contributed by atoms with E-state index in [1.54, 1.807) is 11.1 Å². The van der Waals surface area contributed by atoms with Crippen molar-refractivity contribution in [1.29, 1.82) is 0 Å². The summed E-state index contributed by atoms with van der Waals surface area (Å²) in [6, 6.07) is 0. The number of fused-ring (bicyclic) bond motifs is 1. The number of aliphatic hydroxyl groups is 1. The molecule has 0 saturated heterocycles. The van der Waals surface area contributed by atoms with E-state index in [0.717, 1.165) is 24.8 Å². The summed E-state index contributed by atoms with van der Waals surface area (Å²) < 4.78 is 0. The summed E-state index contributed by atoms with van der Waals surface area (Å²) in [5.41, 5.74) is 5.79. The molecule has 0 heterocycles. The number of aliphatic hydroxyl groups excluding tert-OH is 1. The van der Waals surface area contributed by atoms with Gasteiger partial charge in [-0.25, -0.2) is 0 Å². The van der Waals surface area contributed by atoms with Gasteiger partial charge in [0.15, 0.2) is 0 Å². The highest BCUT2D eigenvalue weighted by Gasteiger charge is 2.42. The summed E-state index contributed by atoms with van der Waals surface area (Å²) in [5, 5.41) is 9.94. The lowest BCUT2D eigenvalue weighted by Crippen LogP contribution is -2.29. The maximum Gasteiger partial charge on any atom is 0.0787 e. The second kappa shape index (κ2) is 5.61. The third-order valence-electron chi connectivity index (χ3n) is 6.18. The summed E-state index contributed by atoms with van der Waals surface area (Å²) in [7, 11) is 0. The topological polar surface area (TPSA) is 20.2 Å². The lowest BCUT2D eigenvalue weighted by Gasteiger charge is -2.40. The Kier molecular flexibility index (Phi) is 3.96. The first-order valence-electron chi connectivity index (χ1n) is 8.46. The van der Waals surface area contributed by atoms with Crippen LogP contribution in [0, 0.1) is 11.3 Å². The van der Waals surface area contributed by atoms with Crippen LogP contribution in [-0.2, 0) is 0 Å². The van der Waals surface area contributed by atoms with Crippen LogP contribution < -0.4 is 0 Å². The molecule has 1 nitrogen and oxygen atoms in total. The Morgan fingerprint density at radius 3 is 2.90 bits per heavy atom. The van der Waals surface area contributed by atoms with Crippen LogP contribution in [0.25, 0.3) is 0 Å². The molecular formula is C20H28O. The van der Waals surface area contributed by atoms with Crippen LogP contribution >= 0.6 is 0 Å². The predicted octanol–water partition coefficient (Wildman–Crippen LogP) is 5.10. The molecule has 2 fully saturated rings. The van der Waals surface area contributed by atoms with Crippen LogP contribution in [0.3, 0.4) is 0 Å². The van der Waals surface area contributed by atoms with Crippen LogP contribution in [0.2, 0.25) is 0 Å². The number of rotatable bonds is 1. The highest BCUT2D eigenvalue weighted by atomic mass is 16.3. The Bertz CT molecular complexity index is 534. The van der Waals surface area contributed by atoms with E-state index in [-0.39, 0.29) is 6.10 Å². The standard InChI is InChI=1S/C20H28O/c1-14-9-12-18-17(7-5-13-20(14,18)3)11-10-16-6-4-8-19(21)15(16)2/h9-11,18-19,21H,2,4-8,12-13H2,1,3H3/b16-10-,17-11+/t18?,19?,20-/m1/s1. The van der Waals surface area contributed by atoms with Crippen molar-refractivity contribution in [3.8, 4) is 0 Å². The van der Waals surface area contributed by atoms with E-state index in [4.69, 9.17) is 0 Å². The highest BCUT2D eigenvalue weighted by molar-refractivity contribution is 5.39. The Labute approximate surface area is 129 Å².